The molecule has 0 atom stereocenters. The summed E-state index contributed by atoms with van der Waals surface area (Å²) in [5.41, 5.74) is 0.266. The van der Waals surface area contributed by atoms with Crippen molar-refractivity contribution in [2.45, 2.75) is 32.9 Å². The molecule has 1 N–H and O–H groups in total. The van der Waals surface area contributed by atoms with Crippen LogP contribution >= 0.6 is 27.3 Å². The Bertz CT molecular complexity index is 354. The van der Waals surface area contributed by atoms with E-state index in [1.165, 1.54) is 14.2 Å². The van der Waals surface area contributed by atoms with Crippen molar-refractivity contribution in [3.05, 3.63) is 20.3 Å². The molecule has 2 rings (SSSR count). The number of thiophene rings is 1. The largest absolute Gasteiger partial charge is 0.314 e. The SMILES string of the molecule is Cc1sc(CN2CCNCC2(C)C)cc1Br. The Morgan fingerprint density at radius 3 is 2.88 bits per heavy atom. The van der Waals surface area contributed by atoms with Gasteiger partial charge in [0.05, 0.1) is 0 Å². The van der Waals surface area contributed by atoms with Gasteiger partial charge < -0.3 is 5.32 Å². The number of aryl methyl sites for hydroxylation is 1. The van der Waals surface area contributed by atoms with Crippen LogP contribution in [-0.4, -0.2) is 30.1 Å². The molecule has 0 aliphatic carbocycles. The molecule has 0 bridgehead atoms. The average Bonchev–Trinajstić information content (AvgIpc) is 2.50. The van der Waals surface area contributed by atoms with Crippen molar-refractivity contribution < 1.29 is 0 Å². The lowest BCUT2D eigenvalue weighted by molar-refractivity contribution is 0.0838. The average molecular weight is 303 g/mol. The monoisotopic (exact) mass is 302 g/mol. The molecule has 0 amide bonds. The minimum atomic E-state index is 0.266. The van der Waals surface area contributed by atoms with E-state index in [0.29, 0.717) is 0 Å². The minimum absolute atomic E-state index is 0.266. The van der Waals surface area contributed by atoms with Gasteiger partial charge in [0.2, 0.25) is 0 Å². The van der Waals surface area contributed by atoms with E-state index in [1.807, 2.05) is 11.3 Å². The van der Waals surface area contributed by atoms with Gasteiger partial charge in [-0.25, -0.2) is 0 Å². The second kappa shape index (κ2) is 4.77. The lowest BCUT2D eigenvalue weighted by Crippen LogP contribution is -2.57. The van der Waals surface area contributed by atoms with Gasteiger partial charge in [-0.3, -0.25) is 4.90 Å². The zero-order chi connectivity index (χ0) is 11.8. The molecule has 90 valence electrons. The predicted molar refractivity (Wildman–Crippen MR) is 74.1 cm³/mol. The van der Waals surface area contributed by atoms with Gasteiger partial charge in [-0.2, -0.15) is 0 Å². The van der Waals surface area contributed by atoms with Crippen LogP contribution in [0.4, 0.5) is 0 Å². The van der Waals surface area contributed by atoms with Crippen LogP contribution in [0, 0.1) is 6.92 Å². The number of hydrogen-bond acceptors (Lipinski definition) is 3. The highest BCUT2D eigenvalue weighted by Crippen LogP contribution is 2.29. The van der Waals surface area contributed by atoms with E-state index >= 15 is 0 Å². The summed E-state index contributed by atoms with van der Waals surface area (Å²) < 4.78 is 1.25. The van der Waals surface area contributed by atoms with E-state index in [0.717, 1.165) is 26.2 Å². The standard InChI is InChI=1S/C12H19BrN2S/c1-9-11(13)6-10(16-9)7-15-5-4-14-8-12(15,2)3/h6,14H,4-5,7-8H2,1-3H3. The molecule has 1 saturated heterocycles. The highest BCUT2D eigenvalue weighted by atomic mass is 79.9. The number of nitrogens with zero attached hydrogens (tertiary/aromatic N) is 1. The fourth-order valence-electron chi connectivity index (χ4n) is 2.10. The van der Waals surface area contributed by atoms with Gasteiger partial charge in [0, 0.05) is 45.9 Å². The Balaban J connectivity index is 2.08. The third-order valence-corrected chi connectivity index (χ3v) is 5.35. The lowest BCUT2D eigenvalue weighted by atomic mass is 10.0. The molecular weight excluding hydrogens is 284 g/mol. The molecule has 1 fully saturated rings. The molecule has 0 unspecified atom stereocenters. The fourth-order valence-corrected chi connectivity index (χ4v) is 3.72. The molecule has 0 saturated carbocycles. The zero-order valence-corrected chi connectivity index (χ0v) is 12.5. The minimum Gasteiger partial charge on any atom is -0.314 e. The van der Waals surface area contributed by atoms with Crippen molar-refractivity contribution in [3.63, 3.8) is 0 Å². The van der Waals surface area contributed by atoms with Crippen LogP contribution in [0.1, 0.15) is 23.6 Å². The third-order valence-electron chi connectivity index (χ3n) is 3.23. The van der Waals surface area contributed by atoms with Gasteiger partial charge in [-0.15, -0.1) is 11.3 Å². The van der Waals surface area contributed by atoms with Crippen LogP contribution < -0.4 is 5.32 Å². The second-order valence-corrected chi connectivity index (χ2v) is 7.22. The van der Waals surface area contributed by atoms with Crippen molar-refractivity contribution in [2.24, 2.45) is 0 Å². The van der Waals surface area contributed by atoms with Crippen molar-refractivity contribution in [3.8, 4) is 0 Å². The van der Waals surface area contributed by atoms with Gasteiger partial charge in [0.15, 0.2) is 0 Å². The molecule has 1 aliphatic rings. The van der Waals surface area contributed by atoms with Gasteiger partial charge in [-0.1, -0.05) is 0 Å². The van der Waals surface area contributed by atoms with E-state index in [-0.39, 0.29) is 5.54 Å². The van der Waals surface area contributed by atoms with Crippen LogP contribution in [0.5, 0.6) is 0 Å². The molecule has 2 nitrogen and oxygen atoms in total. The maximum atomic E-state index is 3.59. The first-order chi connectivity index (χ1) is 7.49. The van der Waals surface area contributed by atoms with Gasteiger partial charge in [-0.05, 0) is 42.8 Å². The van der Waals surface area contributed by atoms with E-state index in [1.54, 1.807) is 0 Å². The number of halogens is 1. The number of nitrogens with one attached hydrogen (secondary N) is 1. The van der Waals surface area contributed by atoms with Crippen LogP contribution in [0.25, 0.3) is 0 Å². The Kier molecular flexibility index (Phi) is 3.74. The van der Waals surface area contributed by atoms with Crippen molar-refractivity contribution in [1.29, 1.82) is 0 Å². The quantitative estimate of drug-likeness (QED) is 0.903. The molecule has 2 heterocycles. The fraction of sp³-hybridized carbons (Fsp3) is 0.667. The van der Waals surface area contributed by atoms with E-state index in [9.17, 15) is 0 Å². The molecule has 1 aliphatic heterocycles. The summed E-state index contributed by atoms with van der Waals surface area (Å²) in [6, 6.07) is 2.26. The first-order valence-corrected chi connectivity index (χ1v) is 7.30. The van der Waals surface area contributed by atoms with Crippen LogP contribution in [0.3, 0.4) is 0 Å². The van der Waals surface area contributed by atoms with E-state index in [2.05, 4.69) is 53.0 Å². The Morgan fingerprint density at radius 1 is 1.56 bits per heavy atom. The molecule has 16 heavy (non-hydrogen) atoms. The van der Waals surface area contributed by atoms with Crippen molar-refractivity contribution in [1.82, 2.24) is 10.2 Å². The highest BCUT2D eigenvalue weighted by Gasteiger charge is 2.29. The zero-order valence-electron chi connectivity index (χ0n) is 10.1. The third kappa shape index (κ3) is 2.67. The number of piperazine rings is 1. The van der Waals surface area contributed by atoms with Gasteiger partial charge >= 0.3 is 0 Å². The van der Waals surface area contributed by atoms with Crippen LogP contribution in [0.15, 0.2) is 10.5 Å². The summed E-state index contributed by atoms with van der Waals surface area (Å²) in [5, 5.41) is 3.46. The molecule has 0 spiro atoms. The summed E-state index contributed by atoms with van der Waals surface area (Å²) in [6.07, 6.45) is 0. The Hall–Kier alpha value is 0.100. The maximum absolute atomic E-state index is 3.59. The van der Waals surface area contributed by atoms with Gasteiger partial charge in [0.1, 0.15) is 0 Å². The van der Waals surface area contributed by atoms with Gasteiger partial charge in [0.25, 0.3) is 0 Å². The van der Waals surface area contributed by atoms with E-state index in [4.69, 9.17) is 0 Å². The molecule has 4 heteroatoms. The van der Waals surface area contributed by atoms with Crippen LogP contribution in [-0.2, 0) is 6.54 Å². The smallest absolute Gasteiger partial charge is 0.0334 e. The van der Waals surface area contributed by atoms with Crippen molar-refractivity contribution >= 4 is 27.3 Å². The summed E-state index contributed by atoms with van der Waals surface area (Å²) in [7, 11) is 0. The van der Waals surface area contributed by atoms with E-state index < -0.39 is 0 Å². The molecule has 1 aromatic rings. The molecule has 0 radical (unpaired) electrons. The Morgan fingerprint density at radius 2 is 2.31 bits per heavy atom. The summed E-state index contributed by atoms with van der Waals surface area (Å²) in [5.74, 6) is 0. The Labute approximate surface area is 110 Å². The summed E-state index contributed by atoms with van der Waals surface area (Å²) >= 11 is 5.49. The first-order valence-electron chi connectivity index (χ1n) is 5.69. The number of hydrogen-bond donors (Lipinski definition) is 1. The predicted octanol–water partition coefficient (Wildman–Crippen LogP) is 3.00. The molecule has 1 aromatic heterocycles. The van der Waals surface area contributed by atoms with Crippen molar-refractivity contribution in [2.75, 3.05) is 19.6 Å². The number of rotatable bonds is 2. The first kappa shape index (κ1) is 12.6. The second-order valence-electron chi connectivity index (χ2n) is 5.03. The summed E-state index contributed by atoms with van der Waals surface area (Å²) in [4.78, 5) is 5.41. The molecular formula is C12H19BrN2S. The molecule has 0 aromatic carbocycles. The summed E-state index contributed by atoms with van der Waals surface area (Å²) in [6.45, 7) is 11.2. The van der Waals surface area contributed by atoms with Crippen LogP contribution in [0.2, 0.25) is 0 Å². The topological polar surface area (TPSA) is 15.3 Å². The normalized spacial score (nSPS) is 21.2. The highest BCUT2D eigenvalue weighted by molar-refractivity contribution is 9.10. The maximum Gasteiger partial charge on any atom is 0.0334 e. The lowest BCUT2D eigenvalue weighted by Gasteiger charge is -2.42.